The number of aryl methyl sites for hydroxylation is 1. The van der Waals surface area contributed by atoms with Gasteiger partial charge in [0.05, 0.1) is 38.1 Å². The Morgan fingerprint density at radius 1 is 1.40 bits per heavy atom. The van der Waals surface area contributed by atoms with Gasteiger partial charge < -0.3 is 14.0 Å². The van der Waals surface area contributed by atoms with Crippen LogP contribution < -0.4 is 4.74 Å². The van der Waals surface area contributed by atoms with Gasteiger partial charge in [-0.1, -0.05) is 18.9 Å². The molecule has 0 amide bonds. The lowest BCUT2D eigenvalue weighted by Crippen LogP contribution is -2.15. The summed E-state index contributed by atoms with van der Waals surface area (Å²) >= 11 is 0. The van der Waals surface area contributed by atoms with E-state index in [1.807, 2.05) is 19.2 Å². The SMILES string of the molecule is COC(=O)C(CC#N)c1ccc(OC)c2nc(C3CCCC3)n(C)c12. The molecule has 0 bridgehead atoms. The summed E-state index contributed by atoms with van der Waals surface area (Å²) in [6.45, 7) is 0. The van der Waals surface area contributed by atoms with E-state index in [1.165, 1.54) is 20.0 Å². The first-order chi connectivity index (χ1) is 12.1. The second kappa shape index (κ2) is 7.14. The number of carbonyl (C=O) groups is 1. The van der Waals surface area contributed by atoms with Crippen LogP contribution in [0, 0.1) is 11.3 Å². The fourth-order valence-corrected chi connectivity index (χ4v) is 3.89. The maximum Gasteiger partial charge on any atom is 0.314 e. The maximum atomic E-state index is 12.2. The zero-order valence-electron chi connectivity index (χ0n) is 14.9. The number of fused-ring (bicyclic) bond motifs is 1. The van der Waals surface area contributed by atoms with Crippen molar-refractivity contribution in [2.75, 3.05) is 14.2 Å². The molecule has 1 unspecified atom stereocenters. The zero-order valence-corrected chi connectivity index (χ0v) is 14.9. The van der Waals surface area contributed by atoms with Crippen LogP contribution in [0.4, 0.5) is 0 Å². The minimum atomic E-state index is -0.629. The third-order valence-electron chi connectivity index (χ3n) is 5.15. The van der Waals surface area contributed by atoms with Crippen molar-refractivity contribution in [1.29, 1.82) is 5.26 Å². The molecular formula is C19H23N3O3. The number of esters is 1. The number of methoxy groups -OCH3 is 2. The summed E-state index contributed by atoms with van der Waals surface area (Å²) in [4.78, 5) is 17.1. The van der Waals surface area contributed by atoms with E-state index in [1.54, 1.807) is 7.11 Å². The van der Waals surface area contributed by atoms with Gasteiger partial charge >= 0.3 is 5.97 Å². The Hall–Kier alpha value is -2.55. The fourth-order valence-electron chi connectivity index (χ4n) is 3.89. The van der Waals surface area contributed by atoms with Crippen molar-refractivity contribution in [2.24, 2.45) is 7.05 Å². The Kier molecular flexibility index (Phi) is 4.93. The molecule has 0 aliphatic heterocycles. The molecule has 25 heavy (non-hydrogen) atoms. The van der Waals surface area contributed by atoms with Crippen molar-refractivity contribution < 1.29 is 14.3 Å². The minimum Gasteiger partial charge on any atom is -0.494 e. The summed E-state index contributed by atoms with van der Waals surface area (Å²) in [6, 6.07) is 5.76. The van der Waals surface area contributed by atoms with Gasteiger partial charge in [0.1, 0.15) is 17.1 Å². The van der Waals surface area contributed by atoms with E-state index in [4.69, 9.17) is 19.7 Å². The highest BCUT2D eigenvalue weighted by atomic mass is 16.5. The highest BCUT2D eigenvalue weighted by Gasteiger charge is 2.29. The normalized spacial score (nSPS) is 15.9. The molecule has 1 aromatic carbocycles. The molecule has 0 radical (unpaired) electrons. The van der Waals surface area contributed by atoms with Crippen molar-refractivity contribution in [3.05, 3.63) is 23.5 Å². The molecule has 132 valence electrons. The highest BCUT2D eigenvalue weighted by Crippen LogP contribution is 2.39. The van der Waals surface area contributed by atoms with Gasteiger partial charge in [-0.2, -0.15) is 5.26 Å². The first-order valence-corrected chi connectivity index (χ1v) is 8.60. The molecule has 1 aliphatic rings. The summed E-state index contributed by atoms with van der Waals surface area (Å²) in [5.74, 6) is 1.10. The van der Waals surface area contributed by atoms with Crippen molar-refractivity contribution in [1.82, 2.24) is 9.55 Å². The third-order valence-corrected chi connectivity index (χ3v) is 5.15. The Morgan fingerprint density at radius 3 is 2.72 bits per heavy atom. The molecule has 6 heteroatoms. The predicted octanol–water partition coefficient (Wildman–Crippen LogP) is 3.41. The van der Waals surface area contributed by atoms with Crippen LogP contribution in [0.3, 0.4) is 0 Å². The molecule has 1 aromatic heterocycles. The molecule has 3 rings (SSSR count). The molecule has 2 aromatic rings. The van der Waals surface area contributed by atoms with Crippen LogP contribution in [0.5, 0.6) is 5.75 Å². The Bertz CT molecular complexity index is 829. The van der Waals surface area contributed by atoms with Crippen molar-refractivity contribution in [3.63, 3.8) is 0 Å². The smallest absolute Gasteiger partial charge is 0.314 e. The number of carbonyl (C=O) groups excluding carboxylic acids is 1. The molecule has 1 aliphatic carbocycles. The number of hydrogen-bond donors (Lipinski definition) is 0. The van der Waals surface area contributed by atoms with E-state index in [-0.39, 0.29) is 6.42 Å². The lowest BCUT2D eigenvalue weighted by molar-refractivity contribution is -0.142. The lowest BCUT2D eigenvalue weighted by Gasteiger charge is -2.15. The number of nitrogens with zero attached hydrogens (tertiary/aromatic N) is 3. The van der Waals surface area contributed by atoms with Crippen LogP contribution in [-0.4, -0.2) is 29.7 Å². The third kappa shape index (κ3) is 2.95. The molecule has 0 spiro atoms. The summed E-state index contributed by atoms with van der Waals surface area (Å²) in [5, 5.41) is 9.16. The largest absolute Gasteiger partial charge is 0.494 e. The summed E-state index contributed by atoms with van der Waals surface area (Å²) in [5.41, 5.74) is 2.37. The highest BCUT2D eigenvalue weighted by molar-refractivity contribution is 5.91. The van der Waals surface area contributed by atoms with Crippen molar-refractivity contribution in [3.8, 4) is 11.8 Å². The summed E-state index contributed by atoms with van der Waals surface area (Å²) in [7, 11) is 4.94. The minimum absolute atomic E-state index is 0.0675. The molecule has 1 heterocycles. The summed E-state index contributed by atoms with van der Waals surface area (Å²) < 4.78 is 12.5. The van der Waals surface area contributed by atoms with E-state index in [0.29, 0.717) is 11.7 Å². The van der Waals surface area contributed by atoms with Crippen LogP contribution in [0.1, 0.15) is 55.3 Å². The topological polar surface area (TPSA) is 77.1 Å². The molecule has 6 nitrogen and oxygen atoms in total. The van der Waals surface area contributed by atoms with Gasteiger partial charge in [-0.3, -0.25) is 4.79 Å². The van der Waals surface area contributed by atoms with Crippen LogP contribution in [-0.2, 0) is 16.6 Å². The van der Waals surface area contributed by atoms with Gasteiger partial charge in [0.25, 0.3) is 0 Å². The van der Waals surface area contributed by atoms with E-state index in [2.05, 4.69) is 10.6 Å². The quantitative estimate of drug-likeness (QED) is 0.779. The first-order valence-electron chi connectivity index (χ1n) is 8.60. The zero-order chi connectivity index (χ0) is 18.0. The van der Waals surface area contributed by atoms with Crippen LogP contribution in [0.25, 0.3) is 11.0 Å². The fraction of sp³-hybridized carbons (Fsp3) is 0.526. The Labute approximate surface area is 147 Å². The predicted molar refractivity (Wildman–Crippen MR) is 93.5 cm³/mol. The number of benzene rings is 1. The van der Waals surface area contributed by atoms with Crippen LogP contribution in [0.15, 0.2) is 12.1 Å². The molecule has 1 fully saturated rings. The number of ether oxygens (including phenoxy) is 2. The Morgan fingerprint density at radius 2 is 2.12 bits per heavy atom. The van der Waals surface area contributed by atoms with Gasteiger partial charge in [0.2, 0.25) is 0 Å². The summed E-state index contributed by atoms with van der Waals surface area (Å²) in [6.07, 6.45) is 4.77. The molecule has 0 saturated heterocycles. The lowest BCUT2D eigenvalue weighted by atomic mass is 9.94. The van der Waals surface area contributed by atoms with Crippen LogP contribution in [0.2, 0.25) is 0 Å². The average Bonchev–Trinajstić information content (AvgIpc) is 3.27. The molecule has 0 N–H and O–H groups in total. The number of hydrogen-bond acceptors (Lipinski definition) is 5. The van der Waals surface area contributed by atoms with E-state index in [0.717, 1.165) is 35.3 Å². The second-order valence-electron chi connectivity index (χ2n) is 6.50. The second-order valence-corrected chi connectivity index (χ2v) is 6.50. The van der Waals surface area contributed by atoms with Gasteiger partial charge in [-0.15, -0.1) is 0 Å². The molecular weight excluding hydrogens is 318 g/mol. The van der Waals surface area contributed by atoms with Crippen molar-refractivity contribution >= 4 is 17.0 Å². The molecule has 1 saturated carbocycles. The standard InChI is InChI=1S/C19H23N3O3/c1-22-17-13(14(10-11-20)19(23)25-3)8-9-15(24-2)16(17)21-18(22)12-6-4-5-7-12/h8-9,12,14H,4-7,10H2,1-3H3. The van der Waals surface area contributed by atoms with Gasteiger partial charge in [0.15, 0.2) is 0 Å². The first kappa shape index (κ1) is 17.3. The van der Waals surface area contributed by atoms with E-state index in [9.17, 15) is 4.79 Å². The monoisotopic (exact) mass is 341 g/mol. The Balaban J connectivity index is 2.22. The van der Waals surface area contributed by atoms with Gasteiger partial charge in [0, 0.05) is 13.0 Å². The number of imidazole rings is 1. The number of rotatable bonds is 5. The van der Waals surface area contributed by atoms with E-state index >= 15 is 0 Å². The van der Waals surface area contributed by atoms with Crippen LogP contribution >= 0.6 is 0 Å². The van der Waals surface area contributed by atoms with Gasteiger partial charge in [-0.05, 0) is 24.5 Å². The van der Waals surface area contributed by atoms with Gasteiger partial charge in [-0.25, -0.2) is 4.98 Å². The maximum absolute atomic E-state index is 12.2. The van der Waals surface area contributed by atoms with E-state index < -0.39 is 11.9 Å². The van der Waals surface area contributed by atoms with Crippen molar-refractivity contribution in [2.45, 2.75) is 43.9 Å². The number of nitriles is 1. The average molecular weight is 341 g/mol. The number of aromatic nitrogens is 2. The molecule has 1 atom stereocenters.